The molecule has 0 aromatic heterocycles. The van der Waals surface area contributed by atoms with Crippen molar-refractivity contribution >= 4 is 22.4 Å². The lowest BCUT2D eigenvalue weighted by Crippen LogP contribution is -2.39. The Labute approximate surface area is 114 Å². The first kappa shape index (κ1) is 17.3. The van der Waals surface area contributed by atoms with Gasteiger partial charge in [-0.05, 0) is 46.2 Å². The van der Waals surface area contributed by atoms with E-state index in [2.05, 4.69) is 39.3 Å². The van der Waals surface area contributed by atoms with Crippen molar-refractivity contribution in [1.29, 1.82) is 0 Å². The lowest BCUT2D eigenvalue weighted by Gasteiger charge is -2.27. The minimum absolute atomic E-state index is 0.121. The van der Waals surface area contributed by atoms with Gasteiger partial charge in [0.05, 0.1) is 0 Å². The van der Waals surface area contributed by atoms with E-state index in [1.807, 2.05) is 30.3 Å². The van der Waals surface area contributed by atoms with Crippen molar-refractivity contribution in [3.8, 4) is 0 Å². The summed E-state index contributed by atoms with van der Waals surface area (Å²) in [7, 11) is -2.46. The zero-order valence-corrected chi connectivity index (χ0v) is 14.7. The van der Waals surface area contributed by atoms with Gasteiger partial charge < -0.3 is 4.12 Å². The number of hydrogen-bond donors (Lipinski definition) is 0. The smallest absolute Gasteiger partial charge is 0.170 e. The van der Waals surface area contributed by atoms with Crippen molar-refractivity contribution in [3.63, 3.8) is 0 Å². The standard InChI is InChI=1S/C8H8O.C6H18OSi2/c1-7(9)8-5-3-2-4-6-8;1-8(2,3)7-9(4,5)6/h2-6H,1H3;1-6H3. The number of rotatable bonds is 3. The molecule has 0 N–H and O–H groups in total. The number of Topliss-reactive ketones (excluding diaryl/α,β-unsaturated/α-hetero) is 1. The summed E-state index contributed by atoms with van der Waals surface area (Å²) >= 11 is 0. The molecule has 0 unspecified atom stereocenters. The van der Waals surface area contributed by atoms with E-state index in [1.54, 1.807) is 6.92 Å². The molecular formula is C14H26O2Si2. The van der Waals surface area contributed by atoms with Crippen LogP contribution in [-0.4, -0.2) is 22.4 Å². The maximum Gasteiger partial charge on any atom is 0.170 e. The molecule has 0 fully saturated rings. The van der Waals surface area contributed by atoms with E-state index in [1.165, 1.54) is 0 Å². The van der Waals surface area contributed by atoms with Gasteiger partial charge in [0.15, 0.2) is 22.4 Å². The largest absolute Gasteiger partial charge is 0.456 e. The number of carbonyl (C=O) groups is 1. The maximum absolute atomic E-state index is 10.6. The Morgan fingerprint density at radius 2 is 1.28 bits per heavy atom. The average molecular weight is 283 g/mol. The molecule has 0 atom stereocenters. The van der Waals surface area contributed by atoms with Crippen LogP contribution in [0.2, 0.25) is 39.3 Å². The normalized spacial score (nSPS) is 11.5. The van der Waals surface area contributed by atoms with Crippen LogP contribution in [-0.2, 0) is 4.12 Å². The minimum atomic E-state index is -1.23. The fourth-order valence-corrected chi connectivity index (χ4v) is 8.94. The molecule has 1 aromatic carbocycles. The Balaban J connectivity index is 0.000000321. The first-order valence-electron chi connectivity index (χ1n) is 6.27. The van der Waals surface area contributed by atoms with Gasteiger partial charge in [-0.2, -0.15) is 0 Å². The summed E-state index contributed by atoms with van der Waals surface area (Å²) < 4.78 is 5.90. The maximum atomic E-state index is 10.6. The highest BCUT2D eigenvalue weighted by Gasteiger charge is 2.24. The highest BCUT2D eigenvalue weighted by atomic mass is 28.4. The van der Waals surface area contributed by atoms with E-state index >= 15 is 0 Å². The third-order valence-corrected chi connectivity index (χ3v) is 6.69. The topological polar surface area (TPSA) is 26.3 Å². The minimum Gasteiger partial charge on any atom is -0.456 e. The molecule has 2 nitrogen and oxygen atoms in total. The van der Waals surface area contributed by atoms with Gasteiger partial charge in [0.2, 0.25) is 0 Å². The summed E-state index contributed by atoms with van der Waals surface area (Å²) in [4.78, 5) is 10.6. The van der Waals surface area contributed by atoms with E-state index in [0.717, 1.165) is 5.56 Å². The Morgan fingerprint density at radius 3 is 1.44 bits per heavy atom. The van der Waals surface area contributed by atoms with Crippen LogP contribution in [0.5, 0.6) is 0 Å². The molecule has 0 heterocycles. The van der Waals surface area contributed by atoms with Crippen molar-refractivity contribution in [1.82, 2.24) is 0 Å². The van der Waals surface area contributed by atoms with Crippen LogP contribution < -0.4 is 0 Å². The van der Waals surface area contributed by atoms with E-state index in [9.17, 15) is 4.79 Å². The Bertz CT molecular complexity index is 350. The van der Waals surface area contributed by atoms with Crippen LogP contribution in [0.4, 0.5) is 0 Å². The average Bonchev–Trinajstić information content (AvgIpc) is 2.14. The molecule has 1 aromatic rings. The third kappa shape index (κ3) is 10.4. The van der Waals surface area contributed by atoms with Gasteiger partial charge in [0, 0.05) is 5.56 Å². The van der Waals surface area contributed by atoms with Crippen LogP contribution in [0.25, 0.3) is 0 Å². The van der Waals surface area contributed by atoms with Gasteiger partial charge in [0.25, 0.3) is 0 Å². The highest BCUT2D eigenvalue weighted by Crippen LogP contribution is 2.12. The highest BCUT2D eigenvalue weighted by molar-refractivity contribution is 6.83. The molecule has 0 amide bonds. The van der Waals surface area contributed by atoms with Crippen molar-refractivity contribution in [2.75, 3.05) is 0 Å². The summed E-state index contributed by atoms with van der Waals surface area (Å²) in [6.45, 7) is 15.0. The molecular weight excluding hydrogens is 256 g/mol. The van der Waals surface area contributed by atoms with Gasteiger partial charge in [0.1, 0.15) is 0 Å². The Morgan fingerprint density at radius 1 is 0.889 bits per heavy atom. The van der Waals surface area contributed by atoms with Crippen molar-refractivity contribution < 1.29 is 8.91 Å². The molecule has 0 spiro atoms. The van der Waals surface area contributed by atoms with Crippen LogP contribution in [0.1, 0.15) is 17.3 Å². The molecule has 4 heteroatoms. The molecule has 0 aliphatic heterocycles. The van der Waals surface area contributed by atoms with Crippen molar-refractivity contribution in [3.05, 3.63) is 35.9 Å². The predicted octanol–water partition coefficient (Wildman–Crippen LogP) is 4.56. The molecule has 0 radical (unpaired) electrons. The summed E-state index contributed by atoms with van der Waals surface area (Å²) in [5.74, 6) is 0.121. The Hall–Kier alpha value is -0.716. The van der Waals surface area contributed by atoms with E-state index in [4.69, 9.17) is 4.12 Å². The van der Waals surface area contributed by atoms with Gasteiger partial charge in [-0.3, -0.25) is 4.79 Å². The van der Waals surface area contributed by atoms with Crippen LogP contribution >= 0.6 is 0 Å². The molecule has 0 aliphatic rings. The van der Waals surface area contributed by atoms with Crippen LogP contribution in [0, 0.1) is 0 Å². The van der Waals surface area contributed by atoms with E-state index in [0.29, 0.717) is 0 Å². The molecule has 0 aliphatic carbocycles. The zero-order chi connectivity index (χ0) is 14.4. The first-order valence-corrected chi connectivity index (χ1v) is 13.1. The molecule has 1 rings (SSSR count). The van der Waals surface area contributed by atoms with Crippen molar-refractivity contribution in [2.24, 2.45) is 0 Å². The molecule has 102 valence electrons. The molecule has 0 saturated carbocycles. The van der Waals surface area contributed by atoms with Gasteiger partial charge in [-0.15, -0.1) is 0 Å². The lowest BCUT2D eigenvalue weighted by atomic mass is 10.2. The summed E-state index contributed by atoms with van der Waals surface area (Å²) in [6.07, 6.45) is 0. The van der Waals surface area contributed by atoms with E-state index in [-0.39, 0.29) is 5.78 Å². The quantitative estimate of drug-likeness (QED) is 0.600. The summed E-state index contributed by atoms with van der Waals surface area (Å²) in [5, 5.41) is 0. The second-order valence-electron chi connectivity index (χ2n) is 6.25. The number of ketones is 1. The van der Waals surface area contributed by atoms with E-state index < -0.39 is 16.6 Å². The van der Waals surface area contributed by atoms with Gasteiger partial charge in [-0.25, -0.2) is 0 Å². The van der Waals surface area contributed by atoms with Gasteiger partial charge >= 0.3 is 0 Å². The SMILES string of the molecule is CC(=O)c1ccccc1.C[Si](C)(C)O[Si](C)(C)C. The number of carbonyl (C=O) groups excluding carboxylic acids is 1. The predicted molar refractivity (Wildman–Crippen MR) is 84.2 cm³/mol. The molecule has 18 heavy (non-hydrogen) atoms. The van der Waals surface area contributed by atoms with Crippen LogP contribution in [0.3, 0.4) is 0 Å². The molecule has 0 saturated heterocycles. The fourth-order valence-electron chi connectivity index (χ4n) is 1.59. The summed E-state index contributed by atoms with van der Waals surface area (Å²) in [6, 6.07) is 9.23. The summed E-state index contributed by atoms with van der Waals surface area (Å²) in [5.41, 5.74) is 0.775. The second kappa shape index (κ2) is 7.02. The van der Waals surface area contributed by atoms with Crippen LogP contribution in [0.15, 0.2) is 30.3 Å². The zero-order valence-electron chi connectivity index (χ0n) is 12.7. The lowest BCUT2D eigenvalue weighted by molar-refractivity contribution is 0.101. The first-order chi connectivity index (χ1) is 8.01. The number of hydrogen-bond acceptors (Lipinski definition) is 2. The van der Waals surface area contributed by atoms with Crippen molar-refractivity contribution in [2.45, 2.75) is 46.2 Å². The number of benzene rings is 1. The molecule has 0 bridgehead atoms. The van der Waals surface area contributed by atoms with Gasteiger partial charge in [-0.1, -0.05) is 30.3 Å². The third-order valence-electron chi connectivity index (χ3n) is 1.79. The monoisotopic (exact) mass is 282 g/mol. The second-order valence-corrected chi connectivity index (χ2v) is 15.5. The fraction of sp³-hybridized carbons (Fsp3) is 0.500. The Kier molecular flexibility index (Phi) is 6.74.